The summed E-state index contributed by atoms with van der Waals surface area (Å²) in [7, 11) is 1.61. The predicted molar refractivity (Wildman–Crippen MR) is 108 cm³/mol. The lowest BCUT2D eigenvalue weighted by Crippen LogP contribution is -2.17. The van der Waals surface area contributed by atoms with Crippen LogP contribution in [0.15, 0.2) is 42.5 Å². The van der Waals surface area contributed by atoms with Crippen LogP contribution in [0.3, 0.4) is 0 Å². The summed E-state index contributed by atoms with van der Waals surface area (Å²) in [5, 5.41) is 2.85. The second kappa shape index (κ2) is 8.68. The molecule has 0 aliphatic heterocycles. The Morgan fingerprint density at radius 3 is 2.34 bits per heavy atom. The maximum absolute atomic E-state index is 13.8. The van der Waals surface area contributed by atoms with Gasteiger partial charge in [-0.1, -0.05) is 24.3 Å². The summed E-state index contributed by atoms with van der Waals surface area (Å²) in [6.07, 6.45) is 0.206. The third kappa shape index (κ3) is 4.87. The van der Waals surface area contributed by atoms with Gasteiger partial charge in [0.25, 0.3) is 0 Å². The van der Waals surface area contributed by atoms with Gasteiger partial charge in [0.2, 0.25) is 5.91 Å². The van der Waals surface area contributed by atoms with Gasteiger partial charge in [0.15, 0.2) is 11.6 Å². The summed E-state index contributed by atoms with van der Waals surface area (Å²) < 4.78 is 24.4. The number of halogens is 1. The maximum atomic E-state index is 13.8. The Morgan fingerprint density at radius 2 is 1.72 bits per heavy atom. The van der Waals surface area contributed by atoms with E-state index in [0.29, 0.717) is 17.1 Å². The molecule has 0 aliphatic rings. The van der Waals surface area contributed by atoms with Crippen molar-refractivity contribution in [1.82, 2.24) is 9.97 Å². The highest BCUT2D eigenvalue weighted by molar-refractivity contribution is 5.93. The lowest BCUT2D eigenvalue weighted by atomic mass is 10.1. The predicted octanol–water partition coefficient (Wildman–Crippen LogP) is 4.52. The van der Waals surface area contributed by atoms with Gasteiger partial charge in [-0.15, -0.1) is 0 Å². The Hall–Kier alpha value is -3.48. The maximum Gasteiger partial charge on any atom is 0.322 e. The van der Waals surface area contributed by atoms with E-state index in [1.165, 1.54) is 12.1 Å². The molecule has 0 saturated carbocycles. The lowest BCUT2D eigenvalue weighted by Gasteiger charge is -2.13. The van der Waals surface area contributed by atoms with Gasteiger partial charge in [0.05, 0.1) is 30.6 Å². The number of aryl methyl sites for hydroxylation is 3. The number of nitrogens with one attached hydrogen (secondary N) is 1. The molecular weight excluding hydrogens is 373 g/mol. The van der Waals surface area contributed by atoms with Crippen LogP contribution in [0.5, 0.6) is 17.5 Å². The standard InChI is InChI=1S/C22H22FN3O3/c1-13-11-16(9-10-18(13)28-4)12-20(27)26-21-14(2)24-22(25-15(21)3)29-19-8-6-5-7-17(19)23/h5-11H,12H2,1-4H3,(H,26,27). The minimum Gasteiger partial charge on any atom is -0.496 e. The molecule has 2 aromatic carbocycles. The molecule has 3 rings (SSSR count). The molecular formula is C22H22FN3O3. The van der Waals surface area contributed by atoms with Crippen LogP contribution >= 0.6 is 0 Å². The number of nitrogens with zero attached hydrogens (tertiary/aromatic N) is 2. The number of anilines is 1. The third-order valence-corrected chi connectivity index (χ3v) is 4.38. The Balaban J connectivity index is 1.73. The molecule has 0 bridgehead atoms. The molecule has 6 nitrogen and oxygen atoms in total. The van der Waals surface area contributed by atoms with Gasteiger partial charge in [-0.3, -0.25) is 4.79 Å². The Morgan fingerprint density at radius 1 is 1.03 bits per heavy atom. The summed E-state index contributed by atoms with van der Waals surface area (Å²) in [6.45, 7) is 5.39. The average Bonchev–Trinajstić information content (AvgIpc) is 2.67. The number of aromatic nitrogens is 2. The highest BCUT2D eigenvalue weighted by atomic mass is 19.1. The van der Waals surface area contributed by atoms with Crippen molar-refractivity contribution < 1.29 is 18.7 Å². The Labute approximate surface area is 168 Å². The first-order valence-corrected chi connectivity index (χ1v) is 9.08. The van der Waals surface area contributed by atoms with Gasteiger partial charge in [0, 0.05) is 0 Å². The first kappa shape index (κ1) is 20.3. The van der Waals surface area contributed by atoms with Crippen molar-refractivity contribution in [3.05, 3.63) is 70.8 Å². The van der Waals surface area contributed by atoms with Gasteiger partial charge >= 0.3 is 6.01 Å². The zero-order chi connectivity index (χ0) is 21.0. The van der Waals surface area contributed by atoms with Crippen LogP contribution in [-0.4, -0.2) is 23.0 Å². The number of ether oxygens (including phenoxy) is 2. The van der Waals surface area contributed by atoms with Gasteiger partial charge in [-0.25, -0.2) is 4.39 Å². The second-order valence-corrected chi connectivity index (χ2v) is 6.61. The molecule has 1 heterocycles. The van der Waals surface area contributed by atoms with Crippen molar-refractivity contribution in [1.29, 1.82) is 0 Å². The molecule has 150 valence electrons. The van der Waals surface area contributed by atoms with Crippen LogP contribution in [0.4, 0.5) is 10.1 Å². The molecule has 0 atom stereocenters. The summed E-state index contributed by atoms with van der Waals surface area (Å²) in [5.74, 6) is 0.128. The minimum atomic E-state index is -0.501. The molecule has 0 unspecified atom stereocenters. The average molecular weight is 395 g/mol. The smallest absolute Gasteiger partial charge is 0.322 e. The van der Waals surface area contributed by atoms with Crippen molar-refractivity contribution in [3.63, 3.8) is 0 Å². The summed E-state index contributed by atoms with van der Waals surface area (Å²) in [6, 6.07) is 11.7. The zero-order valence-corrected chi connectivity index (χ0v) is 16.7. The highest BCUT2D eigenvalue weighted by Gasteiger charge is 2.14. The topological polar surface area (TPSA) is 73.3 Å². The lowest BCUT2D eigenvalue weighted by molar-refractivity contribution is -0.115. The van der Waals surface area contributed by atoms with Crippen LogP contribution in [0.1, 0.15) is 22.5 Å². The number of methoxy groups -OCH3 is 1. The van der Waals surface area contributed by atoms with Gasteiger partial charge in [-0.2, -0.15) is 9.97 Å². The van der Waals surface area contributed by atoms with Crippen LogP contribution in [0.2, 0.25) is 0 Å². The molecule has 1 aromatic heterocycles. The monoisotopic (exact) mass is 395 g/mol. The second-order valence-electron chi connectivity index (χ2n) is 6.61. The highest BCUT2D eigenvalue weighted by Crippen LogP contribution is 2.25. The van der Waals surface area contributed by atoms with Crippen molar-refractivity contribution in [2.75, 3.05) is 12.4 Å². The summed E-state index contributed by atoms with van der Waals surface area (Å²) in [5.41, 5.74) is 3.41. The summed E-state index contributed by atoms with van der Waals surface area (Å²) in [4.78, 5) is 21.0. The molecule has 1 N–H and O–H groups in total. The van der Waals surface area contributed by atoms with Gasteiger partial charge in [-0.05, 0) is 50.1 Å². The summed E-state index contributed by atoms with van der Waals surface area (Å²) >= 11 is 0. The zero-order valence-electron chi connectivity index (χ0n) is 16.7. The van der Waals surface area contributed by atoms with E-state index in [4.69, 9.17) is 9.47 Å². The quantitative estimate of drug-likeness (QED) is 0.664. The molecule has 0 spiro atoms. The largest absolute Gasteiger partial charge is 0.496 e. The molecule has 0 aliphatic carbocycles. The number of carbonyl (C=O) groups excluding carboxylic acids is 1. The number of hydrogen-bond donors (Lipinski definition) is 1. The van der Waals surface area contributed by atoms with Crippen LogP contribution in [0.25, 0.3) is 0 Å². The molecule has 1 amide bonds. The number of para-hydroxylation sites is 1. The SMILES string of the molecule is COc1ccc(CC(=O)Nc2c(C)nc(Oc3ccccc3F)nc2C)cc1C. The van der Waals surface area contributed by atoms with E-state index in [9.17, 15) is 9.18 Å². The van der Waals surface area contributed by atoms with Crippen molar-refractivity contribution in [2.45, 2.75) is 27.2 Å². The normalized spacial score (nSPS) is 10.5. The first-order chi connectivity index (χ1) is 13.9. The minimum absolute atomic E-state index is 0.0221. The van der Waals surface area contributed by atoms with Gasteiger partial charge in [0.1, 0.15) is 5.75 Å². The van der Waals surface area contributed by atoms with E-state index >= 15 is 0 Å². The van der Waals surface area contributed by atoms with E-state index < -0.39 is 5.82 Å². The van der Waals surface area contributed by atoms with Crippen LogP contribution < -0.4 is 14.8 Å². The van der Waals surface area contributed by atoms with E-state index in [-0.39, 0.29) is 24.1 Å². The van der Waals surface area contributed by atoms with Crippen molar-refractivity contribution in [3.8, 4) is 17.5 Å². The van der Waals surface area contributed by atoms with Crippen LogP contribution in [0, 0.1) is 26.6 Å². The third-order valence-electron chi connectivity index (χ3n) is 4.38. The fourth-order valence-corrected chi connectivity index (χ4v) is 2.96. The van der Waals surface area contributed by atoms with Crippen molar-refractivity contribution in [2.24, 2.45) is 0 Å². The fraction of sp³-hybridized carbons (Fsp3) is 0.227. The molecule has 0 saturated heterocycles. The Kier molecular flexibility index (Phi) is 6.07. The van der Waals surface area contributed by atoms with E-state index in [1.54, 1.807) is 33.1 Å². The van der Waals surface area contributed by atoms with E-state index in [2.05, 4.69) is 15.3 Å². The number of rotatable bonds is 6. The van der Waals surface area contributed by atoms with Crippen LogP contribution in [-0.2, 0) is 11.2 Å². The first-order valence-electron chi connectivity index (χ1n) is 9.08. The number of hydrogen-bond acceptors (Lipinski definition) is 5. The molecule has 0 radical (unpaired) electrons. The number of benzene rings is 2. The van der Waals surface area contributed by atoms with Crippen molar-refractivity contribution >= 4 is 11.6 Å². The number of amides is 1. The van der Waals surface area contributed by atoms with E-state index in [0.717, 1.165) is 16.9 Å². The molecule has 0 fully saturated rings. The van der Waals surface area contributed by atoms with Gasteiger partial charge < -0.3 is 14.8 Å². The molecule has 29 heavy (non-hydrogen) atoms. The Bertz CT molecular complexity index is 1030. The molecule has 3 aromatic rings. The fourth-order valence-electron chi connectivity index (χ4n) is 2.96. The number of carbonyl (C=O) groups is 1. The molecule has 7 heteroatoms. The van der Waals surface area contributed by atoms with E-state index in [1.807, 2.05) is 25.1 Å².